The minimum atomic E-state index is -0.758. The molecule has 1 fully saturated rings. The molecule has 35 heavy (non-hydrogen) atoms. The summed E-state index contributed by atoms with van der Waals surface area (Å²) in [5, 5.41) is 20.9. The first-order valence-electron chi connectivity index (χ1n) is 11.0. The lowest BCUT2D eigenvalue weighted by atomic mass is 10.1. The van der Waals surface area contributed by atoms with Crippen LogP contribution in [0.5, 0.6) is 5.75 Å². The maximum absolute atomic E-state index is 12.8. The molecule has 1 unspecified atom stereocenters. The number of benzene rings is 2. The molecule has 11 heteroatoms. The first-order valence-corrected chi connectivity index (χ1v) is 11.0. The minimum Gasteiger partial charge on any atom is -0.497 e. The Hall–Kier alpha value is -4.30. The molecule has 11 nitrogen and oxygen atoms in total. The predicted octanol–water partition coefficient (Wildman–Crippen LogP) is 2.00. The van der Waals surface area contributed by atoms with E-state index in [1.165, 1.54) is 18.2 Å². The average Bonchev–Trinajstić information content (AvgIpc) is 3.13. The molecule has 0 radical (unpaired) electrons. The van der Waals surface area contributed by atoms with Gasteiger partial charge in [-0.2, -0.15) is 5.26 Å². The fourth-order valence-corrected chi connectivity index (χ4v) is 4.42. The summed E-state index contributed by atoms with van der Waals surface area (Å²) >= 11 is 0. The molecular formula is C24H23N5O6. The van der Waals surface area contributed by atoms with Gasteiger partial charge in [-0.15, -0.1) is 0 Å². The lowest BCUT2D eigenvalue weighted by molar-refractivity contribution is -0.385. The van der Waals surface area contributed by atoms with Crippen LogP contribution in [-0.4, -0.2) is 77.2 Å². The number of piperazine rings is 1. The van der Waals surface area contributed by atoms with Crippen molar-refractivity contribution in [2.45, 2.75) is 12.5 Å². The van der Waals surface area contributed by atoms with Crippen molar-refractivity contribution in [3.05, 3.63) is 69.3 Å². The Balaban J connectivity index is 1.34. The Labute approximate surface area is 201 Å². The third-order valence-corrected chi connectivity index (χ3v) is 6.31. The van der Waals surface area contributed by atoms with Gasteiger partial charge in [0.25, 0.3) is 17.5 Å². The highest BCUT2D eigenvalue weighted by Gasteiger charge is 2.41. The SMILES string of the molecule is COc1ccc(C(C#N)N2CCN(C(=O)CCN3C(=O)c4cccc([N+](=O)[O-])c4C3=O)CC2)cc1. The van der Waals surface area contributed by atoms with Gasteiger partial charge in [0.15, 0.2) is 0 Å². The summed E-state index contributed by atoms with van der Waals surface area (Å²) in [6.07, 6.45) is -0.0839. The van der Waals surface area contributed by atoms with E-state index in [0.29, 0.717) is 31.9 Å². The average molecular weight is 477 g/mol. The summed E-state index contributed by atoms with van der Waals surface area (Å²) in [4.78, 5) is 53.1. The summed E-state index contributed by atoms with van der Waals surface area (Å²) < 4.78 is 5.16. The normalized spacial score (nSPS) is 16.6. The Morgan fingerprint density at radius 2 is 1.80 bits per heavy atom. The number of hydrogen-bond acceptors (Lipinski definition) is 8. The van der Waals surface area contributed by atoms with Gasteiger partial charge in [0, 0.05) is 45.2 Å². The first-order chi connectivity index (χ1) is 16.8. The van der Waals surface area contributed by atoms with Crippen LogP contribution in [-0.2, 0) is 4.79 Å². The van der Waals surface area contributed by atoms with Crippen LogP contribution in [0.3, 0.4) is 0 Å². The zero-order valence-corrected chi connectivity index (χ0v) is 19.0. The molecule has 2 aliphatic heterocycles. The van der Waals surface area contributed by atoms with Gasteiger partial charge in [-0.3, -0.25) is 34.3 Å². The van der Waals surface area contributed by atoms with Gasteiger partial charge in [-0.25, -0.2) is 0 Å². The minimum absolute atomic E-state index is 0.0219. The molecule has 1 saturated heterocycles. The van der Waals surface area contributed by atoms with Gasteiger partial charge in [0.2, 0.25) is 5.91 Å². The Morgan fingerprint density at radius 3 is 2.40 bits per heavy atom. The van der Waals surface area contributed by atoms with Gasteiger partial charge in [0.05, 0.1) is 23.7 Å². The highest BCUT2D eigenvalue weighted by Crippen LogP contribution is 2.31. The standard InChI is InChI=1S/C24H23N5O6/c1-35-17-7-5-16(6-8-17)20(15-25)26-11-13-27(14-12-26)21(30)9-10-28-23(31)18-3-2-4-19(29(33)34)22(18)24(28)32/h2-8,20H,9-14H2,1H3. The van der Waals surface area contributed by atoms with Crippen LogP contribution in [0.25, 0.3) is 0 Å². The van der Waals surface area contributed by atoms with Crippen LogP contribution in [0.2, 0.25) is 0 Å². The Morgan fingerprint density at radius 1 is 1.11 bits per heavy atom. The highest BCUT2D eigenvalue weighted by molar-refractivity contribution is 6.23. The fourth-order valence-electron chi connectivity index (χ4n) is 4.42. The molecule has 0 N–H and O–H groups in total. The van der Waals surface area contributed by atoms with E-state index in [4.69, 9.17) is 4.74 Å². The number of rotatable bonds is 7. The van der Waals surface area contributed by atoms with Crippen molar-refractivity contribution in [3.8, 4) is 11.8 Å². The number of nitro groups is 1. The number of nitriles is 1. The number of carbonyl (C=O) groups is 3. The number of hydrogen-bond donors (Lipinski definition) is 0. The molecule has 180 valence electrons. The molecule has 2 aromatic carbocycles. The monoisotopic (exact) mass is 477 g/mol. The van der Waals surface area contributed by atoms with E-state index in [-0.39, 0.29) is 30.0 Å². The number of nitro benzene ring substituents is 1. The van der Waals surface area contributed by atoms with Crippen LogP contribution < -0.4 is 4.74 Å². The smallest absolute Gasteiger partial charge is 0.282 e. The topological polar surface area (TPSA) is 137 Å². The summed E-state index contributed by atoms with van der Waals surface area (Å²) in [6, 6.07) is 13.1. The van der Waals surface area contributed by atoms with E-state index in [2.05, 4.69) is 6.07 Å². The first kappa shape index (κ1) is 23.8. The van der Waals surface area contributed by atoms with E-state index < -0.39 is 28.5 Å². The molecule has 1 atom stereocenters. The molecule has 0 bridgehead atoms. The van der Waals surface area contributed by atoms with Crippen molar-refractivity contribution in [1.82, 2.24) is 14.7 Å². The summed E-state index contributed by atoms with van der Waals surface area (Å²) in [5.74, 6) is -0.920. The number of fused-ring (bicyclic) bond motifs is 1. The predicted molar refractivity (Wildman–Crippen MR) is 123 cm³/mol. The van der Waals surface area contributed by atoms with Gasteiger partial charge in [-0.1, -0.05) is 18.2 Å². The Kier molecular flexibility index (Phi) is 6.75. The van der Waals surface area contributed by atoms with E-state index >= 15 is 0 Å². The summed E-state index contributed by atoms with van der Waals surface area (Å²) in [5.41, 5.74) is 0.165. The maximum atomic E-state index is 12.8. The van der Waals surface area contributed by atoms with Crippen LogP contribution >= 0.6 is 0 Å². The molecule has 0 aromatic heterocycles. The largest absolute Gasteiger partial charge is 0.497 e. The van der Waals surface area contributed by atoms with Crippen molar-refractivity contribution < 1.29 is 24.0 Å². The number of imide groups is 1. The van der Waals surface area contributed by atoms with Crippen molar-refractivity contribution >= 4 is 23.4 Å². The molecule has 2 aromatic rings. The second-order valence-electron chi connectivity index (χ2n) is 8.19. The zero-order chi connectivity index (χ0) is 25.1. The van der Waals surface area contributed by atoms with Gasteiger partial charge >= 0.3 is 0 Å². The zero-order valence-electron chi connectivity index (χ0n) is 19.0. The van der Waals surface area contributed by atoms with Crippen molar-refractivity contribution in [2.75, 3.05) is 39.8 Å². The van der Waals surface area contributed by atoms with Gasteiger partial charge in [0.1, 0.15) is 17.4 Å². The van der Waals surface area contributed by atoms with Gasteiger partial charge in [-0.05, 0) is 23.8 Å². The number of methoxy groups -OCH3 is 1. The lowest BCUT2D eigenvalue weighted by Gasteiger charge is -2.37. The Bertz CT molecular complexity index is 1210. The van der Waals surface area contributed by atoms with E-state index in [1.807, 2.05) is 17.0 Å². The van der Waals surface area contributed by atoms with Crippen molar-refractivity contribution in [3.63, 3.8) is 0 Å². The fraction of sp³-hybridized carbons (Fsp3) is 0.333. The van der Waals surface area contributed by atoms with Crippen LogP contribution in [0.1, 0.15) is 38.7 Å². The van der Waals surface area contributed by atoms with Crippen LogP contribution in [0.4, 0.5) is 5.69 Å². The molecule has 4 rings (SSSR count). The molecule has 0 saturated carbocycles. The van der Waals surface area contributed by atoms with Crippen LogP contribution in [0, 0.1) is 21.4 Å². The van der Waals surface area contributed by atoms with Crippen LogP contribution in [0.15, 0.2) is 42.5 Å². The van der Waals surface area contributed by atoms with Crippen molar-refractivity contribution in [2.24, 2.45) is 0 Å². The highest BCUT2D eigenvalue weighted by atomic mass is 16.6. The maximum Gasteiger partial charge on any atom is 0.282 e. The lowest BCUT2D eigenvalue weighted by Crippen LogP contribution is -2.50. The van der Waals surface area contributed by atoms with Crippen molar-refractivity contribution in [1.29, 1.82) is 5.26 Å². The third kappa shape index (κ3) is 4.56. The third-order valence-electron chi connectivity index (χ3n) is 6.31. The van der Waals surface area contributed by atoms with E-state index in [1.54, 1.807) is 24.1 Å². The van der Waals surface area contributed by atoms with E-state index in [0.717, 1.165) is 10.5 Å². The molecule has 3 amide bonds. The quantitative estimate of drug-likeness (QED) is 0.335. The van der Waals surface area contributed by atoms with E-state index in [9.17, 15) is 29.8 Å². The second kappa shape index (κ2) is 9.90. The second-order valence-corrected chi connectivity index (χ2v) is 8.19. The number of amides is 3. The number of carbonyl (C=O) groups excluding carboxylic acids is 3. The molecule has 2 aliphatic rings. The molecule has 0 spiro atoms. The summed E-state index contributed by atoms with van der Waals surface area (Å²) in [6.45, 7) is 1.64. The number of nitrogens with zero attached hydrogens (tertiary/aromatic N) is 5. The summed E-state index contributed by atoms with van der Waals surface area (Å²) in [7, 11) is 1.57. The van der Waals surface area contributed by atoms with Gasteiger partial charge < -0.3 is 9.64 Å². The number of ether oxygens (including phenoxy) is 1. The molecular weight excluding hydrogens is 454 g/mol. The molecule has 2 heterocycles. The molecule has 0 aliphatic carbocycles.